The van der Waals surface area contributed by atoms with Gasteiger partial charge in [0.15, 0.2) is 0 Å². The molecule has 0 aromatic heterocycles. The number of amides is 1. The fraction of sp³-hybridized carbons (Fsp3) is 0.588. The Hall–Kier alpha value is -0.770. The average molecular weight is 343 g/mol. The highest BCUT2D eigenvalue weighted by molar-refractivity contribution is 6.31. The van der Waals surface area contributed by atoms with Crippen LogP contribution in [0.15, 0.2) is 18.2 Å². The monoisotopic (exact) mass is 342 g/mol. The van der Waals surface area contributed by atoms with Crippen molar-refractivity contribution in [2.24, 2.45) is 5.92 Å². The molecule has 1 amide bonds. The van der Waals surface area contributed by atoms with Gasteiger partial charge >= 0.3 is 0 Å². The number of hydrogen-bond donors (Lipinski definition) is 1. The first-order valence-corrected chi connectivity index (χ1v) is 8.30. The Labute approximate surface area is 143 Å². The van der Waals surface area contributed by atoms with Gasteiger partial charge in [0, 0.05) is 29.7 Å². The Morgan fingerprint density at radius 2 is 1.95 bits per heavy atom. The summed E-state index contributed by atoms with van der Waals surface area (Å²) < 4.78 is 0. The van der Waals surface area contributed by atoms with Gasteiger partial charge in [-0.25, -0.2) is 0 Å². The Bertz CT molecular complexity index is 523. The molecule has 1 saturated heterocycles. The van der Waals surface area contributed by atoms with Crippen LogP contribution in [-0.2, 0) is 0 Å². The second kappa shape index (κ2) is 7.67. The third kappa shape index (κ3) is 4.37. The quantitative estimate of drug-likeness (QED) is 0.905. The minimum absolute atomic E-state index is 0. The van der Waals surface area contributed by atoms with E-state index >= 15 is 0 Å². The first kappa shape index (κ1) is 17.6. The van der Waals surface area contributed by atoms with Crippen LogP contribution in [0.3, 0.4) is 0 Å². The average Bonchev–Trinajstić information content (AvgIpc) is 3.32. The van der Waals surface area contributed by atoms with E-state index in [2.05, 4.69) is 5.32 Å². The second-order valence-electron chi connectivity index (χ2n) is 6.38. The van der Waals surface area contributed by atoms with Crippen molar-refractivity contribution in [1.29, 1.82) is 0 Å². The number of hydrogen-bond acceptors (Lipinski definition) is 2. The topological polar surface area (TPSA) is 32.3 Å². The summed E-state index contributed by atoms with van der Waals surface area (Å²) in [4.78, 5) is 14.4. The minimum atomic E-state index is 0. The second-order valence-corrected chi connectivity index (χ2v) is 6.79. The Morgan fingerprint density at radius 3 is 2.55 bits per heavy atom. The summed E-state index contributed by atoms with van der Waals surface area (Å²) in [5.74, 6) is 1.02. The van der Waals surface area contributed by atoms with E-state index in [4.69, 9.17) is 11.6 Å². The molecule has 2 aliphatic rings. The lowest BCUT2D eigenvalue weighted by molar-refractivity contribution is 0.0705. The molecule has 0 radical (unpaired) electrons. The summed E-state index contributed by atoms with van der Waals surface area (Å²) in [5.41, 5.74) is 1.71. The van der Waals surface area contributed by atoms with Gasteiger partial charge in [-0.1, -0.05) is 17.7 Å². The molecule has 0 unspecified atom stereocenters. The molecule has 3 nitrogen and oxygen atoms in total. The van der Waals surface area contributed by atoms with Crippen LogP contribution in [0, 0.1) is 12.8 Å². The molecule has 1 heterocycles. The smallest absolute Gasteiger partial charge is 0.253 e. The van der Waals surface area contributed by atoms with Crippen LogP contribution in [0.5, 0.6) is 0 Å². The summed E-state index contributed by atoms with van der Waals surface area (Å²) in [5, 5.41) is 4.31. The molecule has 2 fully saturated rings. The highest BCUT2D eigenvalue weighted by Crippen LogP contribution is 2.28. The number of carbonyl (C=O) groups is 1. The van der Waals surface area contributed by atoms with Gasteiger partial charge in [0.25, 0.3) is 5.91 Å². The third-order valence-corrected chi connectivity index (χ3v) is 5.00. The molecule has 3 rings (SSSR count). The van der Waals surface area contributed by atoms with Crippen LogP contribution in [-0.4, -0.2) is 36.5 Å². The van der Waals surface area contributed by atoms with Crippen molar-refractivity contribution in [3.05, 3.63) is 34.3 Å². The molecule has 0 spiro atoms. The summed E-state index contributed by atoms with van der Waals surface area (Å²) >= 11 is 6.12. The first-order valence-electron chi connectivity index (χ1n) is 7.92. The minimum Gasteiger partial charge on any atom is -0.339 e. The van der Waals surface area contributed by atoms with Gasteiger partial charge < -0.3 is 10.2 Å². The Kier molecular flexibility index (Phi) is 6.13. The summed E-state index contributed by atoms with van der Waals surface area (Å²) in [6, 6.07) is 6.16. The van der Waals surface area contributed by atoms with E-state index in [1.807, 2.05) is 24.0 Å². The van der Waals surface area contributed by atoms with Crippen molar-refractivity contribution in [3.63, 3.8) is 0 Å². The number of piperidine rings is 1. The maximum Gasteiger partial charge on any atom is 0.253 e. The molecule has 1 aliphatic heterocycles. The predicted octanol–water partition coefficient (Wildman–Crippen LogP) is 3.67. The molecule has 0 bridgehead atoms. The number of nitrogens with one attached hydrogen (secondary N) is 1. The number of nitrogens with zero attached hydrogens (tertiary/aromatic N) is 1. The largest absolute Gasteiger partial charge is 0.339 e. The first-order chi connectivity index (χ1) is 10.1. The molecule has 122 valence electrons. The molecule has 1 N–H and O–H groups in total. The van der Waals surface area contributed by atoms with Crippen molar-refractivity contribution in [2.75, 3.05) is 19.6 Å². The van der Waals surface area contributed by atoms with Crippen molar-refractivity contribution < 1.29 is 4.79 Å². The zero-order valence-corrected chi connectivity index (χ0v) is 14.6. The fourth-order valence-corrected chi connectivity index (χ4v) is 3.03. The molecule has 1 aromatic rings. The fourth-order valence-electron chi connectivity index (χ4n) is 2.85. The van der Waals surface area contributed by atoms with Crippen molar-refractivity contribution in [2.45, 2.75) is 38.6 Å². The van der Waals surface area contributed by atoms with E-state index in [1.165, 1.54) is 12.8 Å². The summed E-state index contributed by atoms with van der Waals surface area (Å²) in [7, 11) is 0. The van der Waals surface area contributed by atoms with Gasteiger partial charge in [-0.2, -0.15) is 0 Å². The van der Waals surface area contributed by atoms with Gasteiger partial charge in [0.05, 0.1) is 0 Å². The lowest BCUT2D eigenvalue weighted by Crippen LogP contribution is -2.45. The highest BCUT2D eigenvalue weighted by Gasteiger charge is 2.26. The van der Waals surface area contributed by atoms with Crippen LogP contribution in [0.2, 0.25) is 5.02 Å². The molecule has 1 aromatic carbocycles. The lowest BCUT2D eigenvalue weighted by Gasteiger charge is -2.32. The lowest BCUT2D eigenvalue weighted by atomic mass is 10.0. The third-order valence-electron chi connectivity index (χ3n) is 4.59. The number of benzene rings is 1. The molecule has 1 aliphatic carbocycles. The van der Waals surface area contributed by atoms with Gasteiger partial charge in [-0.05, 0) is 62.8 Å². The molecule has 22 heavy (non-hydrogen) atoms. The van der Waals surface area contributed by atoms with Gasteiger partial charge in [-0.15, -0.1) is 12.4 Å². The van der Waals surface area contributed by atoms with Crippen LogP contribution < -0.4 is 5.32 Å². The van der Waals surface area contributed by atoms with E-state index in [-0.39, 0.29) is 18.3 Å². The van der Waals surface area contributed by atoms with E-state index in [0.29, 0.717) is 16.6 Å². The van der Waals surface area contributed by atoms with E-state index in [1.54, 1.807) is 6.07 Å². The maximum atomic E-state index is 12.5. The Balaban J connectivity index is 0.00000176. The molecule has 0 atom stereocenters. The van der Waals surface area contributed by atoms with Crippen LogP contribution >= 0.6 is 24.0 Å². The van der Waals surface area contributed by atoms with Gasteiger partial charge in [0.2, 0.25) is 0 Å². The highest BCUT2D eigenvalue weighted by atomic mass is 35.5. The number of carbonyl (C=O) groups excluding carboxylic acids is 1. The van der Waals surface area contributed by atoms with Crippen molar-refractivity contribution >= 4 is 29.9 Å². The van der Waals surface area contributed by atoms with E-state index < -0.39 is 0 Å². The number of aryl methyl sites for hydroxylation is 1. The summed E-state index contributed by atoms with van der Waals surface area (Å²) in [6.45, 7) is 4.79. The SMILES string of the molecule is Cc1ccc(C(=O)N2CCC(NCC3CC3)CC2)cc1Cl.Cl. The zero-order valence-electron chi connectivity index (χ0n) is 13.0. The molecule has 5 heteroatoms. The van der Waals surface area contributed by atoms with E-state index in [9.17, 15) is 4.79 Å². The number of halogens is 2. The van der Waals surface area contributed by atoms with Crippen molar-refractivity contribution in [1.82, 2.24) is 10.2 Å². The standard InChI is InChI=1S/C17H23ClN2O.ClH/c1-12-2-5-14(10-16(12)18)17(21)20-8-6-15(7-9-20)19-11-13-3-4-13;/h2,5,10,13,15,19H,3-4,6-9,11H2,1H3;1H. The predicted molar refractivity (Wildman–Crippen MR) is 93.1 cm³/mol. The number of likely N-dealkylation sites (tertiary alicyclic amines) is 1. The normalized spacial score (nSPS) is 18.9. The molecule has 1 saturated carbocycles. The summed E-state index contributed by atoms with van der Waals surface area (Å²) in [6.07, 6.45) is 4.88. The van der Waals surface area contributed by atoms with E-state index in [0.717, 1.165) is 44.0 Å². The molecular formula is C17H24Cl2N2O. The van der Waals surface area contributed by atoms with Gasteiger partial charge in [0.1, 0.15) is 0 Å². The zero-order chi connectivity index (χ0) is 14.8. The molecular weight excluding hydrogens is 319 g/mol. The van der Waals surface area contributed by atoms with Gasteiger partial charge in [-0.3, -0.25) is 4.79 Å². The van der Waals surface area contributed by atoms with Crippen LogP contribution in [0.1, 0.15) is 41.6 Å². The van der Waals surface area contributed by atoms with Crippen LogP contribution in [0.25, 0.3) is 0 Å². The number of rotatable bonds is 4. The van der Waals surface area contributed by atoms with Crippen LogP contribution in [0.4, 0.5) is 0 Å². The van der Waals surface area contributed by atoms with Crippen molar-refractivity contribution in [3.8, 4) is 0 Å². The Morgan fingerprint density at radius 1 is 1.27 bits per heavy atom. The maximum absolute atomic E-state index is 12.5.